The number of carbonyl (C=O) groups excluding carboxylic acids is 1. The maximum atomic E-state index is 12.5. The largest absolute Gasteiger partial charge is 0.345 e. The summed E-state index contributed by atoms with van der Waals surface area (Å²) in [7, 11) is 1.87. The number of aromatic amines is 1. The number of hydrogen-bond acceptors (Lipinski definition) is 4. The minimum absolute atomic E-state index is 0.0989. The van der Waals surface area contributed by atoms with Crippen LogP contribution >= 0.6 is 0 Å². The van der Waals surface area contributed by atoms with E-state index in [4.69, 9.17) is 0 Å². The molecule has 6 heteroatoms. The van der Waals surface area contributed by atoms with Gasteiger partial charge in [0.1, 0.15) is 0 Å². The molecule has 1 aromatic heterocycles. The van der Waals surface area contributed by atoms with Crippen LogP contribution in [-0.4, -0.2) is 45.0 Å². The molecule has 1 saturated carbocycles. The fourth-order valence-corrected chi connectivity index (χ4v) is 3.31. The van der Waals surface area contributed by atoms with Crippen LogP contribution in [0.5, 0.6) is 0 Å². The number of carbonyl (C=O) groups is 1. The van der Waals surface area contributed by atoms with Crippen molar-refractivity contribution >= 4 is 5.91 Å². The van der Waals surface area contributed by atoms with Gasteiger partial charge >= 0.3 is 0 Å². The molecule has 0 aliphatic heterocycles. The van der Waals surface area contributed by atoms with Crippen molar-refractivity contribution in [3.8, 4) is 0 Å². The predicted octanol–water partition coefficient (Wildman–Crippen LogP) is 0.974. The van der Waals surface area contributed by atoms with Gasteiger partial charge in [-0.2, -0.15) is 5.21 Å². The Labute approximate surface area is 112 Å². The molecule has 3 rings (SSSR count). The molecule has 1 fully saturated rings. The van der Waals surface area contributed by atoms with Gasteiger partial charge in [0, 0.05) is 25.4 Å². The third-order valence-electron chi connectivity index (χ3n) is 4.32. The molecule has 1 heterocycles. The van der Waals surface area contributed by atoms with Crippen LogP contribution in [0.1, 0.15) is 31.5 Å². The van der Waals surface area contributed by atoms with Gasteiger partial charge in [-0.1, -0.05) is 24.3 Å². The van der Waals surface area contributed by atoms with E-state index in [0.29, 0.717) is 24.2 Å². The monoisotopic (exact) mass is 261 g/mol. The lowest BCUT2D eigenvalue weighted by Gasteiger charge is -2.26. The van der Waals surface area contributed by atoms with E-state index in [1.807, 2.05) is 18.9 Å². The first kappa shape index (κ1) is 12.3. The van der Waals surface area contributed by atoms with Gasteiger partial charge < -0.3 is 4.90 Å². The average Bonchev–Trinajstić information content (AvgIpc) is 3.13. The molecule has 0 aromatic carbocycles. The minimum atomic E-state index is 0.0989. The Balaban J connectivity index is 1.60. The first-order valence-electron chi connectivity index (χ1n) is 6.81. The van der Waals surface area contributed by atoms with Crippen LogP contribution in [0.3, 0.4) is 0 Å². The fraction of sp³-hybridized carbons (Fsp3) is 0.692. The summed E-state index contributed by atoms with van der Waals surface area (Å²) < 4.78 is 0. The lowest BCUT2D eigenvalue weighted by molar-refractivity contribution is -0.135. The van der Waals surface area contributed by atoms with Crippen LogP contribution in [0.2, 0.25) is 0 Å². The summed E-state index contributed by atoms with van der Waals surface area (Å²) in [6.07, 6.45) is 6.65. The molecule has 4 unspecified atom stereocenters. The molecule has 19 heavy (non-hydrogen) atoms. The number of rotatable bonds is 4. The Morgan fingerprint density at radius 1 is 1.53 bits per heavy atom. The molecule has 1 aromatic rings. The molecule has 6 nitrogen and oxygen atoms in total. The zero-order chi connectivity index (χ0) is 13.4. The fourth-order valence-electron chi connectivity index (χ4n) is 3.31. The van der Waals surface area contributed by atoms with Crippen molar-refractivity contribution < 1.29 is 4.79 Å². The lowest BCUT2D eigenvalue weighted by Crippen LogP contribution is -2.37. The SMILES string of the molecule is CC(CN(C)C(=O)C1CC2C=CC1C2)c1nn[nH]n1. The number of nitrogens with one attached hydrogen (secondary N) is 1. The highest BCUT2D eigenvalue weighted by atomic mass is 16.2. The first-order valence-corrected chi connectivity index (χ1v) is 6.81. The van der Waals surface area contributed by atoms with Crippen molar-refractivity contribution in [3.63, 3.8) is 0 Å². The van der Waals surface area contributed by atoms with Crippen molar-refractivity contribution in [2.24, 2.45) is 17.8 Å². The number of nitrogens with zero attached hydrogens (tertiary/aromatic N) is 4. The van der Waals surface area contributed by atoms with Crippen LogP contribution in [0.15, 0.2) is 12.2 Å². The van der Waals surface area contributed by atoms with Crippen molar-refractivity contribution in [3.05, 3.63) is 18.0 Å². The predicted molar refractivity (Wildman–Crippen MR) is 69.1 cm³/mol. The van der Waals surface area contributed by atoms with Crippen LogP contribution < -0.4 is 0 Å². The Hall–Kier alpha value is -1.72. The van der Waals surface area contributed by atoms with E-state index in [-0.39, 0.29) is 17.7 Å². The van der Waals surface area contributed by atoms with E-state index >= 15 is 0 Å². The third kappa shape index (κ3) is 2.27. The maximum absolute atomic E-state index is 12.5. The average molecular weight is 261 g/mol. The second-order valence-corrected chi connectivity index (χ2v) is 5.78. The zero-order valence-electron chi connectivity index (χ0n) is 11.3. The molecular formula is C13H19N5O. The summed E-state index contributed by atoms with van der Waals surface area (Å²) in [6.45, 7) is 2.64. The zero-order valence-corrected chi connectivity index (χ0v) is 11.3. The van der Waals surface area contributed by atoms with Gasteiger partial charge in [0.2, 0.25) is 5.91 Å². The minimum Gasteiger partial charge on any atom is -0.345 e. The summed E-state index contributed by atoms with van der Waals surface area (Å²) in [5, 5.41) is 13.9. The molecule has 2 aliphatic carbocycles. The molecule has 2 bridgehead atoms. The molecule has 1 N–H and O–H groups in total. The Morgan fingerprint density at radius 3 is 2.95 bits per heavy atom. The van der Waals surface area contributed by atoms with E-state index in [1.165, 1.54) is 0 Å². The summed E-state index contributed by atoms with van der Waals surface area (Å²) in [6, 6.07) is 0. The summed E-state index contributed by atoms with van der Waals surface area (Å²) in [5.41, 5.74) is 0. The van der Waals surface area contributed by atoms with E-state index in [0.717, 1.165) is 12.8 Å². The third-order valence-corrected chi connectivity index (χ3v) is 4.32. The highest BCUT2D eigenvalue weighted by Gasteiger charge is 2.41. The lowest BCUT2D eigenvalue weighted by atomic mass is 9.92. The summed E-state index contributed by atoms with van der Waals surface area (Å²) in [5.74, 6) is 2.28. The summed E-state index contributed by atoms with van der Waals surface area (Å²) >= 11 is 0. The van der Waals surface area contributed by atoms with Gasteiger partial charge in [0.05, 0.1) is 0 Å². The number of aromatic nitrogens is 4. The van der Waals surface area contributed by atoms with Crippen LogP contribution in [-0.2, 0) is 4.79 Å². The van der Waals surface area contributed by atoms with Crippen molar-refractivity contribution in [2.75, 3.05) is 13.6 Å². The molecule has 0 saturated heterocycles. The van der Waals surface area contributed by atoms with Gasteiger partial charge in [-0.25, -0.2) is 0 Å². The molecule has 0 radical (unpaired) electrons. The Morgan fingerprint density at radius 2 is 2.37 bits per heavy atom. The molecular weight excluding hydrogens is 242 g/mol. The van der Waals surface area contributed by atoms with Crippen LogP contribution in [0, 0.1) is 17.8 Å². The van der Waals surface area contributed by atoms with Gasteiger partial charge in [-0.05, 0) is 24.7 Å². The van der Waals surface area contributed by atoms with Crippen molar-refractivity contribution in [1.29, 1.82) is 0 Å². The Bertz CT molecular complexity index is 483. The number of H-pyrrole nitrogens is 1. The molecule has 1 amide bonds. The highest BCUT2D eigenvalue weighted by molar-refractivity contribution is 5.80. The van der Waals surface area contributed by atoms with E-state index < -0.39 is 0 Å². The molecule has 4 atom stereocenters. The van der Waals surface area contributed by atoms with Gasteiger partial charge in [0.25, 0.3) is 0 Å². The first-order chi connectivity index (χ1) is 9.15. The van der Waals surface area contributed by atoms with Gasteiger partial charge in [0.15, 0.2) is 5.82 Å². The second kappa shape index (κ2) is 4.75. The standard InChI is InChI=1S/C13H19N5O/c1-8(12-14-16-17-15-12)7-18(2)13(19)11-6-9-3-4-10(11)5-9/h3-4,8-11H,5-7H2,1-2H3,(H,14,15,16,17). The highest BCUT2D eigenvalue weighted by Crippen LogP contribution is 2.44. The second-order valence-electron chi connectivity index (χ2n) is 5.78. The van der Waals surface area contributed by atoms with Crippen LogP contribution in [0.4, 0.5) is 0 Å². The van der Waals surface area contributed by atoms with Gasteiger partial charge in [-0.3, -0.25) is 4.79 Å². The topological polar surface area (TPSA) is 74.8 Å². The number of amides is 1. The molecule has 0 spiro atoms. The molecule has 2 aliphatic rings. The number of fused-ring (bicyclic) bond motifs is 2. The van der Waals surface area contributed by atoms with Crippen molar-refractivity contribution in [1.82, 2.24) is 25.5 Å². The van der Waals surface area contributed by atoms with Gasteiger partial charge in [-0.15, -0.1) is 10.2 Å². The van der Waals surface area contributed by atoms with E-state index in [9.17, 15) is 4.79 Å². The maximum Gasteiger partial charge on any atom is 0.226 e. The smallest absolute Gasteiger partial charge is 0.226 e. The van der Waals surface area contributed by atoms with Crippen molar-refractivity contribution in [2.45, 2.75) is 25.7 Å². The number of hydrogen-bond donors (Lipinski definition) is 1. The number of tetrazole rings is 1. The molecule has 102 valence electrons. The summed E-state index contributed by atoms with van der Waals surface area (Å²) in [4.78, 5) is 14.3. The van der Waals surface area contributed by atoms with E-state index in [1.54, 1.807) is 0 Å². The normalized spacial score (nSPS) is 29.7. The van der Waals surface area contributed by atoms with Crippen LogP contribution in [0.25, 0.3) is 0 Å². The Kier molecular flexibility index (Phi) is 3.08. The number of likely N-dealkylation sites (N-methyl/N-ethyl adjacent to an activating group) is 1. The number of allylic oxidation sites excluding steroid dienone is 2. The quantitative estimate of drug-likeness (QED) is 0.820. The van der Waals surface area contributed by atoms with E-state index in [2.05, 4.69) is 32.8 Å².